The maximum absolute atomic E-state index is 5.52. The van der Waals surface area contributed by atoms with Gasteiger partial charge in [0.2, 0.25) is 0 Å². The van der Waals surface area contributed by atoms with Gasteiger partial charge in [0, 0.05) is 6.54 Å². The minimum atomic E-state index is 0.615. The van der Waals surface area contributed by atoms with Gasteiger partial charge in [-0.1, -0.05) is 24.3 Å². The summed E-state index contributed by atoms with van der Waals surface area (Å²) in [7, 11) is 0. The van der Waals surface area contributed by atoms with Gasteiger partial charge in [0.05, 0.1) is 0 Å². The number of hydrogen-bond donors (Lipinski definition) is 1. The average molecular weight is 189 g/mol. The van der Waals surface area contributed by atoms with Gasteiger partial charge in [-0.15, -0.1) is 0 Å². The fraction of sp³-hybridized carbons (Fsp3) is 0.0909. The first-order valence-electron chi connectivity index (χ1n) is 4.22. The van der Waals surface area contributed by atoms with Crippen molar-refractivity contribution in [2.45, 2.75) is 6.54 Å². The fourth-order valence-corrected chi connectivity index (χ4v) is 1.93. The van der Waals surface area contributed by atoms with Crippen molar-refractivity contribution in [3.8, 4) is 11.1 Å². The Morgan fingerprint density at radius 1 is 1.00 bits per heavy atom. The van der Waals surface area contributed by atoms with Gasteiger partial charge in [-0.25, -0.2) is 0 Å². The van der Waals surface area contributed by atoms with Crippen LogP contribution in [0.1, 0.15) is 5.56 Å². The zero-order chi connectivity index (χ0) is 9.10. The molecule has 0 amide bonds. The zero-order valence-corrected chi connectivity index (χ0v) is 8.05. The topological polar surface area (TPSA) is 26.0 Å². The SMILES string of the molecule is NCc1ccc(-c2ccsc2)cc1. The molecule has 0 radical (unpaired) electrons. The molecule has 0 saturated heterocycles. The summed E-state index contributed by atoms with van der Waals surface area (Å²) >= 11 is 1.72. The van der Waals surface area contributed by atoms with Crippen LogP contribution in [0.4, 0.5) is 0 Å². The van der Waals surface area contributed by atoms with Crippen LogP contribution in [0, 0.1) is 0 Å². The molecule has 0 aliphatic rings. The summed E-state index contributed by atoms with van der Waals surface area (Å²) in [5.74, 6) is 0. The quantitative estimate of drug-likeness (QED) is 0.772. The molecule has 1 aromatic heterocycles. The summed E-state index contributed by atoms with van der Waals surface area (Å²) in [6, 6.07) is 10.5. The molecule has 1 nitrogen and oxygen atoms in total. The Morgan fingerprint density at radius 3 is 2.31 bits per heavy atom. The van der Waals surface area contributed by atoms with E-state index < -0.39 is 0 Å². The summed E-state index contributed by atoms with van der Waals surface area (Å²) < 4.78 is 0. The van der Waals surface area contributed by atoms with E-state index in [9.17, 15) is 0 Å². The predicted octanol–water partition coefficient (Wildman–Crippen LogP) is 2.87. The second-order valence-corrected chi connectivity index (χ2v) is 3.69. The first kappa shape index (κ1) is 8.48. The maximum Gasteiger partial charge on any atom is 0.0178 e. The molecule has 0 fully saturated rings. The summed E-state index contributed by atoms with van der Waals surface area (Å²) in [5, 5.41) is 4.24. The van der Waals surface area contributed by atoms with Crippen LogP contribution in [0.15, 0.2) is 41.1 Å². The highest BCUT2D eigenvalue weighted by Crippen LogP contribution is 2.21. The second-order valence-electron chi connectivity index (χ2n) is 2.91. The number of thiophene rings is 1. The van der Waals surface area contributed by atoms with Gasteiger partial charge >= 0.3 is 0 Å². The molecule has 2 aromatic rings. The second kappa shape index (κ2) is 3.73. The third-order valence-electron chi connectivity index (χ3n) is 2.04. The number of nitrogens with two attached hydrogens (primary N) is 1. The first-order chi connectivity index (χ1) is 6.40. The molecule has 0 bridgehead atoms. The van der Waals surface area contributed by atoms with Crippen molar-refractivity contribution < 1.29 is 0 Å². The van der Waals surface area contributed by atoms with Crippen LogP contribution in [-0.2, 0) is 6.54 Å². The van der Waals surface area contributed by atoms with E-state index in [1.807, 2.05) is 0 Å². The van der Waals surface area contributed by atoms with Crippen LogP contribution in [0.2, 0.25) is 0 Å². The van der Waals surface area contributed by atoms with Crippen molar-refractivity contribution in [3.05, 3.63) is 46.7 Å². The van der Waals surface area contributed by atoms with E-state index in [4.69, 9.17) is 5.73 Å². The molecule has 66 valence electrons. The van der Waals surface area contributed by atoms with Gasteiger partial charge in [0.1, 0.15) is 0 Å². The Bertz CT molecular complexity index is 361. The van der Waals surface area contributed by atoms with Crippen LogP contribution in [0.3, 0.4) is 0 Å². The first-order valence-corrected chi connectivity index (χ1v) is 5.16. The highest BCUT2D eigenvalue weighted by atomic mass is 32.1. The van der Waals surface area contributed by atoms with Crippen LogP contribution in [-0.4, -0.2) is 0 Å². The van der Waals surface area contributed by atoms with Crippen LogP contribution in [0.5, 0.6) is 0 Å². The van der Waals surface area contributed by atoms with Crippen molar-refractivity contribution in [1.82, 2.24) is 0 Å². The highest BCUT2D eigenvalue weighted by Gasteiger charge is 1.96. The molecule has 0 aliphatic carbocycles. The van der Waals surface area contributed by atoms with E-state index in [0.29, 0.717) is 6.54 Å². The van der Waals surface area contributed by atoms with Gasteiger partial charge in [0.25, 0.3) is 0 Å². The lowest BCUT2D eigenvalue weighted by Gasteiger charge is -1.99. The molecule has 2 rings (SSSR count). The molecule has 0 aliphatic heterocycles. The standard InChI is InChI=1S/C11H11NS/c12-7-9-1-3-10(4-2-9)11-5-6-13-8-11/h1-6,8H,7,12H2. The molecule has 0 unspecified atom stereocenters. The van der Waals surface area contributed by atoms with Gasteiger partial charge in [-0.3, -0.25) is 0 Å². The van der Waals surface area contributed by atoms with Gasteiger partial charge in [0.15, 0.2) is 0 Å². The lowest BCUT2D eigenvalue weighted by atomic mass is 10.1. The zero-order valence-electron chi connectivity index (χ0n) is 7.23. The van der Waals surface area contributed by atoms with Gasteiger partial charge in [-0.2, -0.15) is 11.3 Å². The van der Waals surface area contributed by atoms with Crippen molar-refractivity contribution in [2.24, 2.45) is 5.73 Å². The van der Waals surface area contributed by atoms with Crippen molar-refractivity contribution in [3.63, 3.8) is 0 Å². The Hall–Kier alpha value is -1.12. The Balaban J connectivity index is 2.33. The summed E-state index contributed by atoms with van der Waals surface area (Å²) in [6.45, 7) is 0.615. The molecular formula is C11H11NS. The van der Waals surface area contributed by atoms with E-state index in [1.165, 1.54) is 16.7 Å². The Kier molecular flexibility index (Phi) is 2.43. The summed E-state index contributed by atoms with van der Waals surface area (Å²) in [4.78, 5) is 0. The molecule has 0 saturated carbocycles. The maximum atomic E-state index is 5.52. The lowest BCUT2D eigenvalue weighted by Crippen LogP contribution is -1.94. The minimum Gasteiger partial charge on any atom is -0.326 e. The molecule has 0 atom stereocenters. The van der Waals surface area contributed by atoms with Gasteiger partial charge < -0.3 is 5.73 Å². The highest BCUT2D eigenvalue weighted by molar-refractivity contribution is 7.08. The Labute approximate surface area is 81.8 Å². The molecule has 0 spiro atoms. The smallest absolute Gasteiger partial charge is 0.0178 e. The average Bonchev–Trinajstić information content (AvgIpc) is 2.71. The number of rotatable bonds is 2. The Morgan fingerprint density at radius 2 is 1.77 bits per heavy atom. The minimum absolute atomic E-state index is 0.615. The molecule has 1 aromatic carbocycles. The largest absolute Gasteiger partial charge is 0.326 e. The monoisotopic (exact) mass is 189 g/mol. The van der Waals surface area contributed by atoms with E-state index in [-0.39, 0.29) is 0 Å². The fourth-order valence-electron chi connectivity index (χ4n) is 1.26. The third-order valence-corrected chi connectivity index (χ3v) is 2.73. The molecule has 2 N–H and O–H groups in total. The van der Waals surface area contributed by atoms with E-state index >= 15 is 0 Å². The number of benzene rings is 1. The normalized spacial score (nSPS) is 10.2. The van der Waals surface area contributed by atoms with Crippen LogP contribution >= 0.6 is 11.3 Å². The molecule has 1 heterocycles. The van der Waals surface area contributed by atoms with Crippen LogP contribution < -0.4 is 5.73 Å². The summed E-state index contributed by atoms with van der Waals surface area (Å²) in [5.41, 5.74) is 9.25. The number of hydrogen-bond acceptors (Lipinski definition) is 2. The molecular weight excluding hydrogens is 178 g/mol. The van der Waals surface area contributed by atoms with Gasteiger partial charge in [-0.05, 0) is 33.5 Å². The van der Waals surface area contributed by atoms with E-state index in [0.717, 1.165) is 0 Å². The molecule has 13 heavy (non-hydrogen) atoms. The van der Waals surface area contributed by atoms with Crippen molar-refractivity contribution in [1.29, 1.82) is 0 Å². The predicted molar refractivity (Wildman–Crippen MR) is 57.6 cm³/mol. The lowest BCUT2D eigenvalue weighted by molar-refractivity contribution is 1.07. The van der Waals surface area contributed by atoms with Crippen molar-refractivity contribution >= 4 is 11.3 Å². The van der Waals surface area contributed by atoms with Crippen LogP contribution in [0.25, 0.3) is 11.1 Å². The van der Waals surface area contributed by atoms with E-state index in [2.05, 4.69) is 41.1 Å². The molecule has 2 heteroatoms. The van der Waals surface area contributed by atoms with Crippen molar-refractivity contribution in [2.75, 3.05) is 0 Å². The third kappa shape index (κ3) is 1.79. The summed E-state index contributed by atoms with van der Waals surface area (Å²) in [6.07, 6.45) is 0. The van der Waals surface area contributed by atoms with E-state index in [1.54, 1.807) is 11.3 Å².